The van der Waals surface area contributed by atoms with Crippen molar-refractivity contribution < 1.29 is 14.0 Å². The molecule has 8 heteroatoms. The number of oxazole rings is 1. The third-order valence-corrected chi connectivity index (χ3v) is 6.79. The van der Waals surface area contributed by atoms with E-state index < -0.39 is 11.6 Å². The number of hydrogen-bond acceptors (Lipinski definition) is 4. The number of rotatable bonds is 3. The average Bonchev–Trinajstić information content (AvgIpc) is 3.47. The van der Waals surface area contributed by atoms with Crippen LogP contribution in [0.2, 0.25) is 15.1 Å². The first-order valence-electron chi connectivity index (χ1n) is 10.5. The summed E-state index contributed by atoms with van der Waals surface area (Å²) in [5.74, 6) is -0.383. The van der Waals surface area contributed by atoms with Crippen LogP contribution < -0.4 is 0 Å². The minimum Gasteiger partial charge on any atom is -0.434 e. The summed E-state index contributed by atoms with van der Waals surface area (Å²) in [7, 11) is 0. The van der Waals surface area contributed by atoms with E-state index in [1.807, 2.05) is 47.0 Å². The molecule has 0 radical (unpaired) electrons. The minimum atomic E-state index is -0.407. The number of fused-ring (bicyclic) bond motifs is 2. The number of carbonyl (C=O) groups is 2. The van der Waals surface area contributed by atoms with E-state index in [0.29, 0.717) is 27.8 Å². The standard InChI is InChI=1S/C27H13Cl3N2O3/c28-15-8-6-14(7-9-15)27-31-26-23(35-27)11-17(32(26)16-4-2-1-3-5-16)10-20-24(33)18-12-21(29)22(30)13-19(18)25(20)34/h1-13H. The lowest BCUT2D eigenvalue weighted by atomic mass is 10.1. The van der Waals surface area contributed by atoms with Crippen LogP contribution in [-0.4, -0.2) is 21.1 Å². The van der Waals surface area contributed by atoms with E-state index in [1.54, 1.807) is 24.3 Å². The smallest absolute Gasteiger partial charge is 0.228 e. The Kier molecular flexibility index (Phi) is 5.15. The van der Waals surface area contributed by atoms with E-state index in [1.165, 1.54) is 12.1 Å². The Morgan fingerprint density at radius 1 is 0.800 bits per heavy atom. The third-order valence-electron chi connectivity index (χ3n) is 5.82. The van der Waals surface area contributed by atoms with Crippen LogP contribution in [0.25, 0.3) is 34.4 Å². The van der Waals surface area contributed by atoms with Crippen molar-refractivity contribution in [1.82, 2.24) is 9.55 Å². The van der Waals surface area contributed by atoms with Crippen molar-refractivity contribution in [1.29, 1.82) is 0 Å². The van der Waals surface area contributed by atoms with Gasteiger partial charge in [0.2, 0.25) is 5.89 Å². The number of benzene rings is 3. The number of Topliss-reactive ketones (excluding diaryl/α,β-unsaturated/α-hetero) is 2. The Balaban J connectivity index is 1.52. The average molecular weight is 520 g/mol. The molecule has 0 N–H and O–H groups in total. The molecule has 0 saturated carbocycles. The molecule has 0 amide bonds. The quantitative estimate of drug-likeness (QED) is 0.181. The van der Waals surface area contributed by atoms with E-state index in [4.69, 9.17) is 44.2 Å². The van der Waals surface area contributed by atoms with Gasteiger partial charge in [-0.1, -0.05) is 53.0 Å². The number of nitrogens with zero attached hydrogens (tertiary/aromatic N) is 2. The summed E-state index contributed by atoms with van der Waals surface area (Å²) in [4.78, 5) is 30.9. The number of halogens is 3. The molecule has 35 heavy (non-hydrogen) atoms. The van der Waals surface area contributed by atoms with Crippen LogP contribution in [0.4, 0.5) is 0 Å². The molecule has 170 valence electrons. The zero-order valence-corrected chi connectivity index (χ0v) is 20.0. The van der Waals surface area contributed by atoms with Crippen LogP contribution >= 0.6 is 34.8 Å². The van der Waals surface area contributed by atoms with Gasteiger partial charge in [0.05, 0.1) is 21.3 Å². The van der Waals surface area contributed by atoms with Gasteiger partial charge in [0, 0.05) is 33.5 Å². The Bertz CT molecular complexity index is 1650. The van der Waals surface area contributed by atoms with Crippen molar-refractivity contribution in [3.63, 3.8) is 0 Å². The van der Waals surface area contributed by atoms with Crippen molar-refractivity contribution in [2.24, 2.45) is 0 Å². The van der Waals surface area contributed by atoms with Gasteiger partial charge in [0.15, 0.2) is 22.8 Å². The first kappa shape index (κ1) is 21.9. The molecule has 0 atom stereocenters. The first-order chi connectivity index (χ1) is 16.9. The summed E-state index contributed by atoms with van der Waals surface area (Å²) < 4.78 is 7.88. The summed E-state index contributed by atoms with van der Waals surface area (Å²) >= 11 is 18.2. The monoisotopic (exact) mass is 518 g/mol. The lowest BCUT2D eigenvalue weighted by molar-refractivity contribution is 0.0990. The maximum atomic E-state index is 13.1. The maximum absolute atomic E-state index is 13.1. The molecule has 5 nitrogen and oxygen atoms in total. The number of ketones is 2. The highest BCUT2D eigenvalue weighted by Gasteiger charge is 2.34. The summed E-state index contributed by atoms with van der Waals surface area (Å²) in [6, 6.07) is 21.3. The van der Waals surface area contributed by atoms with Crippen molar-refractivity contribution in [2.45, 2.75) is 0 Å². The lowest BCUT2D eigenvalue weighted by Crippen LogP contribution is -2.03. The normalized spacial score (nSPS) is 13.1. The lowest BCUT2D eigenvalue weighted by Gasteiger charge is -2.07. The molecule has 5 aromatic rings. The van der Waals surface area contributed by atoms with Gasteiger partial charge in [0.25, 0.3) is 0 Å². The van der Waals surface area contributed by atoms with E-state index >= 15 is 0 Å². The number of carbonyl (C=O) groups excluding carboxylic acids is 2. The zero-order chi connectivity index (χ0) is 24.3. The van der Waals surface area contributed by atoms with Crippen LogP contribution in [-0.2, 0) is 0 Å². The molecule has 0 bridgehead atoms. The minimum absolute atomic E-state index is 0.0218. The van der Waals surface area contributed by atoms with Gasteiger partial charge in [-0.2, -0.15) is 4.98 Å². The molecular weight excluding hydrogens is 507 g/mol. The molecule has 0 unspecified atom stereocenters. The van der Waals surface area contributed by atoms with E-state index in [0.717, 1.165) is 11.3 Å². The fraction of sp³-hybridized carbons (Fsp3) is 0. The molecule has 0 aliphatic heterocycles. The second-order valence-electron chi connectivity index (χ2n) is 7.98. The van der Waals surface area contributed by atoms with Crippen LogP contribution in [0.3, 0.4) is 0 Å². The third kappa shape index (κ3) is 3.60. The molecule has 2 aromatic heterocycles. The van der Waals surface area contributed by atoms with Crippen molar-refractivity contribution in [2.75, 3.05) is 0 Å². The second-order valence-corrected chi connectivity index (χ2v) is 9.23. The highest BCUT2D eigenvalue weighted by molar-refractivity contribution is 6.46. The fourth-order valence-corrected chi connectivity index (χ4v) is 4.62. The molecule has 0 saturated heterocycles. The Labute approximate surface area is 214 Å². The van der Waals surface area contributed by atoms with Gasteiger partial charge in [-0.25, -0.2) is 0 Å². The van der Waals surface area contributed by atoms with Gasteiger partial charge in [-0.15, -0.1) is 0 Å². The first-order valence-corrected chi connectivity index (χ1v) is 11.7. The van der Waals surface area contributed by atoms with Crippen LogP contribution in [0, 0.1) is 0 Å². The Morgan fingerprint density at radius 2 is 1.43 bits per heavy atom. The molecule has 6 rings (SSSR count). The SMILES string of the molecule is O=C1C(=Cc2cc3oc(-c4ccc(Cl)cc4)nc3n2-c2ccccc2)C(=O)c2cc(Cl)c(Cl)cc21. The van der Waals surface area contributed by atoms with Gasteiger partial charge >= 0.3 is 0 Å². The van der Waals surface area contributed by atoms with Gasteiger partial charge in [-0.3, -0.25) is 14.2 Å². The van der Waals surface area contributed by atoms with E-state index in [9.17, 15) is 9.59 Å². The van der Waals surface area contributed by atoms with Gasteiger partial charge < -0.3 is 4.42 Å². The molecular formula is C27H13Cl3N2O3. The highest BCUT2D eigenvalue weighted by Crippen LogP contribution is 2.36. The molecule has 0 fully saturated rings. The van der Waals surface area contributed by atoms with Crippen LogP contribution in [0.1, 0.15) is 26.4 Å². The van der Waals surface area contributed by atoms with Crippen LogP contribution in [0.15, 0.2) is 82.8 Å². The Morgan fingerprint density at radius 3 is 2.06 bits per heavy atom. The molecule has 1 aliphatic carbocycles. The summed E-state index contributed by atoms with van der Waals surface area (Å²) in [5, 5.41) is 1.05. The molecule has 1 aliphatic rings. The van der Waals surface area contributed by atoms with Crippen molar-refractivity contribution >= 4 is 63.7 Å². The molecule has 0 spiro atoms. The topological polar surface area (TPSA) is 65.1 Å². The largest absolute Gasteiger partial charge is 0.434 e. The van der Waals surface area contributed by atoms with E-state index in [2.05, 4.69) is 0 Å². The number of para-hydroxylation sites is 1. The van der Waals surface area contributed by atoms with Crippen molar-refractivity contribution in [3.05, 3.63) is 110 Å². The summed E-state index contributed by atoms with van der Waals surface area (Å²) in [6.45, 7) is 0. The Hall–Kier alpha value is -3.64. The van der Waals surface area contributed by atoms with E-state index in [-0.39, 0.29) is 26.7 Å². The highest BCUT2D eigenvalue weighted by atomic mass is 35.5. The van der Waals surface area contributed by atoms with Crippen molar-refractivity contribution in [3.8, 4) is 17.1 Å². The zero-order valence-electron chi connectivity index (χ0n) is 17.8. The van der Waals surface area contributed by atoms with Gasteiger partial charge in [0.1, 0.15) is 0 Å². The van der Waals surface area contributed by atoms with Gasteiger partial charge in [-0.05, 0) is 54.6 Å². The maximum Gasteiger partial charge on any atom is 0.228 e. The summed E-state index contributed by atoms with van der Waals surface area (Å²) in [6.07, 6.45) is 1.55. The molecule has 2 heterocycles. The number of hydrogen-bond donors (Lipinski definition) is 0. The molecule has 3 aromatic carbocycles. The number of aromatic nitrogens is 2. The second kappa shape index (κ2) is 8.24. The predicted octanol–water partition coefficient (Wildman–Crippen LogP) is 7.71. The fourth-order valence-electron chi connectivity index (χ4n) is 4.16. The summed E-state index contributed by atoms with van der Waals surface area (Å²) in [5.41, 5.74) is 3.69. The van der Waals surface area contributed by atoms with Crippen LogP contribution in [0.5, 0.6) is 0 Å². The number of allylic oxidation sites excluding steroid dienone is 1. The predicted molar refractivity (Wildman–Crippen MR) is 137 cm³/mol.